The van der Waals surface area contributed by atoms with Crippen LogP contribution in [0.15, 0.2) is 54.6 Å². The van der Waals surface area contributed by atoms with E-state index in [1.807, 2.05) is 27.0 Å². The lowest BCUT2D eigenvalue weighted by Gasteiger charge is -2.19. The molecule has 0 aliphatic carbocycles. The molecule has 2 aromatic carbocycles. The third-order valence-corrected chi connectivity index (χ3v) is 3.61. The summed E-state index contributed by atoms with van der Waals surface area (Å²) in [7, 11) is 2.03. The van der Waals surface area contributed by atoms with Gasteiger partial charge in [0.05, 0.1) is 12.5 Å². The minimum absolute atomic E-state index is 0.0494. The van der Waals surface area contributed by atoms with Crippen molar-refractivity contribution in [1.82, 2.24) is 4.90 Å². The van der Waals surface area contributed by atoms with Gasteiger partial charge in [-0.2, -0.15) is 0 Å². The predicted molar refractivity (Wildman–Crippen MR) is 94.1 cm³/mol. The second kappa shape index (κ2) is 8.49. The molecule has 0 aromatic heterocycles. The molecule has 0 amide bonds. The molecule has 0 bridgehead atoms. The molecule has 0 saturated carbocycles. The summed E-state index contributed by atoms with van der Waals surface area (Å²) in [5.41, 5.74) is 3.72. The van der Waals surface area contributed by atoms with Crippen molar-refractivity contribution in [2.24, 2.45) is 0 Å². The molecule has 0 spiro atoms. The van der Waals surface area contributed by atoms with Gasteiger partial charge in [0.25, 0.3) is 0 Å². The Balaban J connectivity index is 1.99. The van der Waals surface area contributed by atoms with Gasteiger partial charge in [-0.1, -0.05) is 54.6 Å². The molecule has 122 valence electrons. The van der Waals surface area contributed by atoms with Crippen molar-refractivity contribution in [2.75, 3.05) is 13.6 Å². The van der Waals surface area contributed by atoms with Gasteiger partial charge < -0.3 is 9.64 Å². The molecular formula is C20H25NO2. The Morgan fingerprint density at radius 2 is 1.70 bits per heavy atom. The standard InChI is InChI=1S/C20H25NO2/c1-16(2)23-20(22)13-14-21(3)15-18-11-7-8-12-19(18)17-9-5-4-6-10-17/h4-12,16H,13-15H2,1-3H3. The molecule has 0 unspecified atom stereocenters. The van der Waals surface area contributed by atoms with E-state index in [0.29, 0.717) is 13.0 Å². The lowest BCUT2D eigenvalue weighted by Crippen LogP contribution is -2.23. The smallest absolute Gasteiger partial charge is 0.307 e. The largest absolute Gasteiger partial charge is 0.463 e. The van der Waals surface area contributed by atoms with Crippen molar-refractivity contribution in [1.29, 1.82) is 0 Å². The van der Waals surface area contributed by atoms with Gasteiger partial charge in [0.1, 0.15) is 0 Å². The molecule has 0 radical (unpaired) electrons. The first-order valence-electron chi connectivity index (χ1n) is 8.07. The predicted octanol–water partition coefficient (Wildman–Crippen LogP) is 4.13. The molecule has 0 fully saturated rings. The van der Waals surface area contributed by atoms with Crippen LogP contribution in [0, 0.1) is 0 Å². The molecule has 0 aliphatic heterocycles. The summed E-state index contributed by atoms with van der Waals surface area (Å²) in [5.74, 6) is -0.136. The highest BCUT2D eigenvalue weighted by atomic mass is 16.5. The zero-order valence-electron chi connectivity index (χ0n) is 14.2. The summed E-state index contributed by atoms with van der Waals surface area (Å²) in [6.45, 7) is 5.24. The van der Waals surface area contributed by atoms with Crippen molar-refractivity contribution < 1.29 is 9.53 Å². The number of nitrogens with zero attached hydrogens (tertiary/aromatic N) is 1. The summed E-state index contributed by atoms with van der Waals surface area (Å²) >= 11 is 0. The van der Waals surface area contributed by atoms with Crippen LogP contribution in [0.4, 0.5) is 0 Å². The SMILES string of the molecule is CC(C)OC(=O)CCN(C)Cc1ccccc1-c1ccccc1. The summed E-state index contributed by atoms with van der Waals surface area (Å²) in [5, 5.41) is 0. The maximum Gasteiger partial charge on any atom is 0.307 e. The van der Waals surface area contributed by atoms with Gasteiger partial charge in [0.2, 0.25) is 0 Å². The lowest BCUT2D eigenvalue weighted by atomic mass is 9.99. The van der Waals surface area contributed by atoms with E-state index in [0.717, 1.165) is 6.54 Å². The quantitative estimate of drug-likeness (QED) is 0.720. The highest BCUT2D eigenvalue weighted by Crippen LogP contribution is 2.24. The fourth-order valence-corrected chi connectivity index (χ4v) is 2.53. The van der Waals surface area contributed by atoms with Gasteiger partial charge in [-0.3, -0.25) is 4.79 Å². The van der Waals surface area contributed by atoms with Crippen LogP contribution in [0.3, 0.4) is 0 Å². The average molecular weight is 311 g/mol. The first-order chi connectivity index (χ1) is 11.1. The molecule has 0 heterocycles. The Bertz CT molecular complexity index is 623. The third kappa shape index (κ3) is 5.53. The van der Waals surface area contributed by atoms with Crippen LogP contribution >= 0.6 is 0 Å². The number of hydrogen-bond acceptors (Lipinski definition) is 3. The second-order valence-corrected chi connectivity index (χ2v) is 6.05. The molecule has 3 nitrogen and oxygen atoms in total. The van der Waals surface area contributed by atoms with Crippen LogP contribution in [0.2, 0.25) is 0 Å². The number of benzene rings is 2. The van der Waals surface area contributed by atoms with Gasteiger partial charge in [0, 0.05) is 13.1 Å². The summed E-state index contributed by atoms with van der Waals surface area (Å²) < 4.78 is 5.18. The minimum atomic E-state index is -0.136. The van der Waals surface area contributed by atoms with Crippen LogP contribution in [-0.4, -0.2) is 30.6 Å². The van der Waals surface area contributed by atoms with E-state index in [4.69, 9.17) is 4.74 Å². The topological polar surface area (TPSA) is 29.5 Å². The summed E-state index contributed by atoms with van der Waals surface area (Å²) in [4.78, 5) is 13.8. The Kier molecular flexibility index (Phi) is 6.36. The molecule has 2 rings (SSSR count). The van der Waals surface area contributed by atoms with Crippen LogP contribution in [0.1, 0.15) is 25.8 Å². The molecule has 2 aromatic rings. The second-order valence-electron chi connectivity index (χ2n) is 6.05. The zero-order valence-corrected chi connectivity index (χ0v) is 14.2. The van der Waals surface area contributed by atoms with Crippen LogP contribution in [0.5, 0.6) is 0 Å². The van der Waals surface area contributed by atoms with Crippen molar-refractivity contribution >= 4 is 5.97 Å². The van der Waals surface area contributed by atoms with Gasteiger partial charge in [-0.25, -0.2) is 0 Å². The normalized spacial score (nSPS) is 11.0. The van der Waals surface area contributed by atoms with Gasteiger partial charge in [-0.15, -0.1) is 0 Å². The van der Waals surface area contributed by atoms with E-state index in [1.54, 1.807) is 0 Å². The number of ether oxygens (including phenoxy) is 1. The fourth-order valence-electron chi connectivity index (χ4n) is 2.53. The monoisotopic (exact) mass is 311 g/mol. The van der Waals surface area contributed by atoms with Crippen molar-refractivity contribution in [3.05, 3.63) is 60.2 Å². The van der Waals surface area contributed by atoms with Gasteiger partial charge >= 0.3 is 5.97 Å². The highest BCUT2D eigenvalue weighted by Gasteiger charge is 2.10. The van der Waals surface area contributed by atoms with Gasteiger partial charge in [0.15, 0.2) is 0 Å². The van der Waals surface area contributed by atoms with Crippen molar-refractivity contribution in [3.8, 4) is 11.1 Å². The Labute approximate surface area is 138 Å². The van der Waals surface area contributed by atoms with Crippen LogP contribution in [-0.2, 0) is 16.1 Å². The van der Waals surface area contributed by atoms with E-state index in [2.05, 4.69) is 53.4 Å². The Morgan fingerprint density at radius 3 is 2.39 bits per heavy atom. The van der Waals surface area contributed by atoms with Crippen LogP contribution < -0.4 is 0 Å². The van der Waals surface area contributed by atoms with E-state index in [1.165, 1.54) is 16.7 Å². The van der Waals surface area contributed by atoms with Crippen LogP contribution in [0.25, 0.3) is 11.1 Å². The minimum Gasteiger partial charge on any atom is -0.463 e. The average Bonchev–Trinajstić information content (AvgIpc) is 2.54. The van der Waals surface area contributed by atoms with E-state index in [-0.39, 0.29) is 12.1 Å². The summed E-state index contributed by atoms with van der Waals surface area (Å²) in [6, 6.07) is 18.8. The molecular weight excluding hydrogens is 286 g/mol. The molecule has 3 heteroatoms. The number of carbonyl (C=O) groups excluding carboxylic acids is 1. The Hall–Kier alpha value is -2.13. The Morgan fingerprint density at radius 1 is 1.04 bits per heavy atom. The fraction of sp³-hybridized carbons (Fsp3) is 0.350. The first kappa shape index (κ1) is 17.2. The van der Waals surface area contributed by atoms with E-state index >= 15 is 0 Å². The number of rotatable bonds is 7. The van der Waals surface area contributed by atoms with Crippen molar-refractivity contribution in [2.45, 2.75) is 32.9 Å². The van der Waals surface area contributed by atoms with Crippen molar-refractivity contribution in [3.63, 3.8) is 0 Å². The number of carbonyl (C=O) groups is 1. The van der Waals surface area contributed by atoms with E-state index < -0.39 is 0 Å². The van der Waals surface area contributed by atoms with Gasteiger partial charge in [-0.05, 0) is 37.6 Å². The highest BCUT2D eigenvalue weighted by molar-refractivity contribution is 5.70. The molecule has 0 saturated heterocycles. The summed E-state index contributed by atoms with van der Waals surface area (Å²) in [6.07, 6.45) is 0.369. The number of esters is 1. The maximum atomic E-state index is 11.6. The third-order valence-electron chi connectivity index (χ3n) is 3.61. The zero-order chi connectivity index (χ0) is 16.7. The van der Waals surface area contributed by atoms with E-state index in [9.17, 15) is 4.79 Å². The number of hydrogen-bond donors (Lipinski definition) is 0. The first-order valence-corrected chi connectivity index (χ1v) is 8.07. The molecule has 0 N–H and O–H groups in total. The lowest BCUT2D eigenvalue weighted by molar-refractivity contribution is -0.147. The maximum absolute atomic E-state index is 11.6. The molecule has 23 heavy (non-hydrogen) atoms. The molecule has 0 aliphatic rings. The molecule has 0 atom stereocenters.